The van der Waals surface area contributed by atoms with Crippen LogP contribution in [0.25, 0.3) is 11.2 Å². The number of fused-ring (bicyclic) bond motifs is 1. The second kappa shape index (κ2) is 6.57. The molecule has 0 radical (unpaired) electrons. The molecule has 0 aliphatic carbocycles. The van der Waals surface area contributed by atoms with Crippen molar-refractivity contribution < 1.29 is 0 Å². The van der Waals surface area contributed by atoms with E-state index in [4.69, 9.17) is 4.98 Å². The molecule has 2 aromatic rings. The summed E-state index contributed by atoms with van der Waals surface area (Å²) >= 11 is 0. The van der Waals surface area contributed by atoms with Gasteiger partial charge in [-0.05, 0) is 58.0 Å². The minimum absolute atomic E-state index is 0.570. The molecule has 0 bridgehead atoms. The van der Waals surface area contributed by atoms with Gasteiger partial charge >= 0.3 is 0 Å². The van der Waals surface area contributed by atoms with Crippen molar-refractivity contribution in [3.63, 3.8) is 0 Å². The number of likely N-dealkylation sites (tertiary alicyclic amines) is 1. The number of likely N-dealkylation sites (N-methyl/N-ethyl adjacent to an activating group) is 1. The molecule has 5 nitrogen and oxygen atoms in total. The van der Waals surface area contributed by atoms with Crippen LogP contribution < -0.4 is 5.32 Å². The Bertz CT molecular complexity index is 658. The molecule has 2 aromatic heterocycles. The molecule has 2 unspecified atom stereocenters. The lowest BCUT2D eigenvalue weighted by Crippen LogP contribution is -2.37. The van der Waals surface area contributed by atoms with Crippen LogP contribution in [-0.4, -0.2) is 51.7 Å². The topological polar surface area (TPSA) is 46.0 Å². The second-order valence-corrected chi connectivity index (χ2v) is 7.11. The highest BCUT2D eigenvalue weighted by Crippen LogP contribution is 2.22. The summed E-state index contributed by atoms with van der Waals surface area (Å²) in [6.45, 7) is 3.38. The zero-order valence-corrected chi connectivity index (χ0v) is 14.0. The maximum absolute atomic E-state index is 4.92. The summed E-state index contributed by atoms with van der Waals surface area (Å²) in [4.78, 5) is 12.0. The third-order valence-electron chi connectivity index (χ3n) is 5.49. The van der Waals surface area contributed by atoms with Gasteiger partial charge < -0.3 is 14.8 Å². The van der Waals surface area contributed by atoms with E-state index in [2.05, 4.69) is 32.9 Å². The van der Waals surface area contributed by atoms with Crippen LogP contribution in [0, 0.1) is 0 Å². The van der Waals surface area contributed by atoms with E-state index in [0.717, 1.165) is 30.7 Å². The Hall–Kier alpha value is -1.46. The fraction of sp³-hybridized carbons (Fsp3) is 0.667. The predicted molar refractivity (Wildman–Crippen MR) is 92.5 cm³/mol. The molecule has 2 atom stereocenters. The van der Waals surface area contributed by atoms with E-state index < -0.39 is 0 Å². The molecule has 0 saturated carbocycles. The Morgan fingerprint density at radius 2 is 2.22 bits per heavy atom. The zero-order chi connectivity index (χ0) is 15.6. The maximum atomic E-state index is 4.92. The number of piperidine rings is 1. The van der Waals surface area contributed by atoms with Crippen molar-refractivity contribution in [2.45, 2.75) is 57.2 Å². The molecule has 1 N–H and O–H groups in total. The van der Waals surface area contributed by atoms with Gasteiger partial charge in [0.2, 0.25) is 0 Å². The van der Waals surface area contributed by atoms with Crippen molar-refractivity contribution in [3.05, 3.63) is 24.2 Å². The van der Waals surface area contributed by atoms with Gasteiger partial charge in [0.05, 0.1) is 0 Å². The van der Waals surface area contributed by atoms with Gasteiger partial charge in [0, 0.05) is 31.2 Å². The van der Waals surface area contributed by atoms with E-state index in [1.165, 1.54) is 44.5 Å². The van der Waals surface area contributed by atoms with E-state index in [-0.39, 0.29) is 0 Å². The Labute approximate surface area is 138 Å². The molecule has 0 aromatic carbocycles. The average molecular weight is 313 g/mol. The highest BCUT2D eigenvalue weighted by Gasteiger charge is 2.25. The van der Waals surface area contributed by atoms with Crippen LogP contribution in [-0.2, 0) is 13.0 Å². The molecular weight excluding hydrogens is 286 g/mol. The largest absolute Gasteiger partial charge is 0.314 e. The Morgan fingerprint density at radius 3 is 3.00 bits per heavy atom. The molecule has 2 aliphatic heterocycles. The monoisotopic (exact) mass is 313 g/mol. The van der Waals surface area contributed by atoms with Gasteiger partial charge in [-0.3, -0.25) is 0 Å². The standard InChI is InChI=1S/C18H27N5/c1-22-11-5-7-15(22)13-23-17(12-14-6-2-3-9-19-14)21-16-8-4-10-20-18(16)23/h4,8,10,14-15,19H,2-3,5-7,9,11-13H2,1H3. The van der Waals surface area contributed by atoms with Gasteiger partial charge in [-0.25, -0.2) is 9.97 Å². The number of hydrogen-bond donors (Lipinski definition) is 1. The van der Waals surface area contributed by atoms with E-state index in [9.17, 15) is 0 Å². The first kappa shape index (κ1) is 15.1. The minimum atomic E-state index is 0.570. The van der Waals surface area contributed by atoms with Gasteiger partial charge in [0.15, 0.2) is 5.65 Å². The van der Waals surface area contributed by atoms with Crippen LogP contribution in [0.2, 0.25) is 0 Å². The Morgan fingerprint density at radius 1 is 1.26 bits per heavy atom. The average Bonchev–Trinajstić information content (AvgIpc) is 3.13. The lowest BCUT2D eigenvalue weighted by Gasteiger charge is -2.25. The van der Waals surface area contributed by atoms with Gasteiger partial charge in [0.1, 0.15) is 11.3 Å². The number of aromatic nitrogens is 3. The van der Waals surface area contributed by atoms with Crippen LogP contribution in [0.5, 0.6) is 0 Å². The quantitative estimate of drug-likeness (QED) is 0.940. The van der Waals surface area contributed by atoms with Crippen molar-refractivity contribution >= 4 is 11.2 Å². The number of rotatable bonds is 4. The van der Waals surface area contributed by atoms with Crippen molar-refractivity contribution in [2.24, 2.45) is 0 Å². The molecule has 23 heavy (non-hydrogen) atoms. The van der Waals surface area contributed by atoms with Crippen molar-refractivity contribution in [3.8, 4) is 0 Å². The fourth-order valence-electron chi connectivity index (χ4n) is 4.09. The maximum Gasteiger partial charge on any atom is 0.160 e. The van der Waals surface area contributed by atoms with Crippen LogP contribution in [0.3, 0.4) is 0 Å². The van der Waals surface area contributed by atoms with Gasteiger partial charge in [0.25, 0.3) is 0 Å². The van der Waals surface area contributed by atoms with Crippen LogP contribution in [0.1, 0.15) is 37.9 Å². The lowest BCUT2D eigenvalue weighted by molar-refractivity contribution is 0.280. The molecule has 2 aliphatic rings. The summed E-state index contributed by atoms with van der Waals surface area (Å²) < 4.78 is 2.39. The summed E-state index contributed by atoms with van der Waals surface area (Å²) in [5.74, 6) is 1.21. The second-order valence-electron chi connectivity index (χ2n) is 7.11. The lowest BCUT2D eigenvalue weighted by atomic mass is 10.0. The molecule has 0 spiro atoms. The summed E-state index contributed by atoms with van der Waals surface area (Å²) in [5.41, 5.74) is 2.09. The molecule has 0 amide bonds. The summed E-state index contributed by atoms with van der Waals surface area (Å²) in [5, 5.41) is 3.66. The molecule has 2 saturated heterocycles. The fourth-order valence-corrected chi connectivity index (χ4v) is 4.09. The number of imidazole rings is 1. The van der Waals surface area contributed by atoms with Crippen LogP contribution in [0.4, 0.5) is 0 Å². The van der Waals surface area contributed by atoms with Gasteiger partial charge in [-0.2, -0.15) is 0 Å². The molecule has 4 heterocycles. The molecule has 2 fully saturated rings. The smallest absolute Gasteiger partial charge is 0.160 e. The van der Waals surface area contributed by atoms with Crippen LogP contribution >= 0.6 is 0 Å². The molecule has 4 rings (SSSR count). The molecule has 5 heteroatoms. The normalized spacial score (nSPS) is 26.1. The zero-order valence-electron chi connectivity index (χ0n) is 14.0. The number of nitrogens with zero attached hydrogens (tertiary/aromatic N) is 4. The summed E-state index contributed by atoms with van der Waals surface area (Å²) in [7, 11) is 2.24. The molecule has 124 valence electrons. The number of hydrogen-bond acceptors (Lipinski definition) is 4. The first-order valence-corrected chi connectivity index (χ1v) is 9.05. The minimum Gasteiger partial charge on any atom is -0.314 e. The van der Waals surface area contributed by atoms with E-state index in [1.54, 1.807) is 0 Å². The van der Waals surface area contributed by atoms with Gasteiger partial charge in [-0.1, -0.05) is 6.42 Å². The Balaban J connectivity index is 1.63. The van der Waals surface area contributed by atoms with Crippen molar-refractivity contribution in [1.82, 2.24) is 24.8 Å². The third kappa shape index (κ3) is 3.12. The van der Waals surface area contributed by atoms with E-state index in [0.29, 0.717) is 12.1 Å². The van der Waals surface area contributed by atoms with E-state index >= 15 is 0 Å². The molecular formula is C18H27N5. The Kier molecular flexibility index (Phi) is 4.31. The predicted octanol–water partition coefficient (Wildman–Crippen LogP) is 2.21. The number of nitrogens with one attached hydrogen (secondary N) is 1. The summed E-state index contributed by atoms with van der Waals surface area (Å²) in [6.07, 6.45) is 9.40. The SMILES string of the molecule is CN1CCCC1Cn1c(CC2CCCCN2)nc2cccnc21. The van der Waals surface area contributed by atoms with Crippen LogP contribution in [0.15, 0.2) is 18.3 Å². The van der Waals surface area contributed by atoms with Gasteiger partial charge in [-0.15, -0.1) is 0 Å². The van der Waals surface area contributed by atoms with Crippen molar-refractivity contribution in [1.29, 1.82) is 0 Å². The third-order valence-corrected chi connectivity index (χ3v) is 5.49. The summed E-state index contributed by atoms with van der Waals surface area (Å²) in [6, 6.07) is 5.27. The van der Waals surface area contributed by atoms with Crippen molar-refractivity contribution in [2.75, 3.05) is 20.1 Å². The highest BCUT2D eigenvalue weighted by molar-refractivity contribution is 5.71. The highest BCUT2D eigenvalue weighted by atomic mass is 15.2. The first-order valence-electron chi connectivity index (χ1n) is 9.05. The van der Waals surface area contributed by atoms with E-state index in [1.807, 2.05) is 12.3 Å². The number of pyridine rings is 1. The first-order chi connectivity index (χ1) is 11.3.